The molecule has 2 aromatic rings. The minimum absolute atomic E-state index is 0.0413. The van der Waals surface area contributed by atoms with Crippen LogP contribution in [0.2, 0.25) is 0 Å². The number of ether oxygens (including phenoxy) is 1. The van der Waals surface area contributed by atoms with Crippen molar-refractivity contribution in [3.63, 3.8) is 0 Å². The summed E-state index contributed by atoms with van der Waals surface area (Å²) in [4.78, 5) is 14.7. The van der Waals surface area contributed by atoms with Gasteiger partial charge in [0.1, 0.15) is 6.17 Å². The van der Waals surface area contributed by atoms with Crippen LogP contribution in [0.15, 0.2) is 48.5 Å². The molecule has 0 saturated heterocycles. The highest BCUT2D eigenvalue weighted by atomic mass is 16.5. The van der Waals surface area contributed by atoms with Crippen molar-refractivity contribution in [2.75, 3.05) is 25.6 Å². The molecule has 1 N–H and O–H groups in total. The zero-order valence-electron chi connectivity index (χ0n) is 12.9. The number of nitrogens with one attached hydrogen (secondary N) is 1. The second-order valence-electron chi connectivity index (χ2n) is 5.44. The average molecular weight is 296 g/mol. The van der Waals surface area contributed by atoms with Gasteiger partial charge in [0.2, 0.25) is 0 Å². The molecule has 4 heteroatoms. The van der Waals surface area contributed by atoms with Crippen LogP contribution >= 0.6 is 0 Å². The number of benzene rings is 2. The molecule has 1 heterocycles. The van der Waals surface area contributed by atoms with Crippen molar-refractivity contribution >= 4 is 11.6 Å². The number of nitrogens with zero attached hydrogens (tertiary/aromatic N) is 1. The maximum atomic E-state index is 12.8. The van der Waals surface area contributed by atoms with E-state index in [2.05, 4.69) is 24.4 Å². The lowest BCUT2D eigenvalue weighted by molar-refractivity contribution is 0.0609. The summed E-state index contributed by atoms with van der Waals surface area (Å²) < 4.78 is 5.17. The van der Waals surface area contributed by atoms with Gasteiger partial charge in [0, 0.05) is 19.3 Å². The Morgan fingerprint density at radius 2 is 1.86 bits per heavy atom. The number of rotatable bonds is 4. The molecule has 0 radical (unpaired) electrons. The molecule has 1 atom stereocenters. The number of para-hydroxylation sites is 1. The van der Waals surface area contributed by atoms with Gasteiger partial charge in [-0.25, -0.2) is 0 Å². The van der Waals surface area contributed by atoms with Crippen molar-refractivity contribution in [2.24, 2.45) is 0 Å². The summed E-state index contributed by atoms with van der Waals surface area (Å²) in [7, 11) is 1.65. The molecule has 114 valence electrons. The molecule has 22 heavy (non-hydrogen) atoms. The van der Waals surface area contributed by atoms with E-state index in [0.717, 1.165) is 16.8 Å². The van der Waals surface area contributed by atoms with Gasteiger partial charge in [-0.05, 0) is 30.2 Å². The lowest BCUT2D eigenvalue weighted by atomic mass is 10.0. The van der Waals surface area contributed by atoms with Gasteiger partial charge >= 0.3 is 0 Å². The Morgan fingerprint density at radius 3 is 2.64 bits per heavy atom. The number of anilines is 1. The van der Waals surface area contributed by atoms with Crippen molar-refractivity contribution in [3.8, 4) is 0 Å². The van der Waals surface area contributed by atoms with Crippen LogP contribution in [0.25, 0.3) is 0 Å². The minimum atomic E-state index is -0.168. The van der Waals surface area contributed by atoms with Gasteiger partial charge < -0.3 is 15.0 Å². The van der Waals surface area contributed by atoms with Crippen molar-refractivity contribution in [2.45, 2.75) is 13.1 Å². The number of carbonyl (C=O) groups excluding carboxylic acids is 1. The molecule has 0 bridgehead atoms. The summed E-state index contributed by atoms with van der Waals surface area (Å²) in [5.41, 5.74) is 3.87. The molecule has 0 aliphatic carbocycles. The van der Waals surface area contributed by atoms with E-state index in [0.29, 0.717) is 18.7 Å². The summed E-state index contributed by atoms with van der Waals surface area (Å²) in [6.45, 7) is 3.13. The molecule has 0 spiro atoms. The summed E-state index contributed by atoms with van der Waals surface area (Å²) in [5.74, 6) is 0.0413. The van der Waals surface area contributed by atoms with E-state index in [-0.39, 0.29) is 12.1 Å². The van der Waals surface area contributed by atoms with Crippen LogP contribution in [0.1, 0.15) is 27.7 Å². The first-order chi connectivity index (χ1) is 10.7. The Morgan fingerprint density at radius 1 is 1.14 bits per heavy atom. The number of carbonyl (C=O) groups is 1. The van der Waals surface area contributed by atoms with Crippen LogP contribution in [0, 0.1) is 6.92 Å². The highest BCUT2D eigenvalue weighted by molar-refractivity contribution is 6.01. The molecule has 1 aliphatic rings. The van der Waals surface area contributed by atoms with Gasteiger partial charge in [0.25, 0.3) is 5.91 Å². The second kappa shape index (κ2) is 6.20. The van der Waals surface area contributed by atoms with Crippen LogP contribution < -0.4 is 5.32 Å². The third kappa shape index (κ3) is 2.57. The summed E-state index contributed by atoms with van der Waals surface area (Å²) in [6, 6.07) is 15.8. The van der Waals surface area contributed by atoms with Crippen LogP contribution in [-0.4, -0.2) is 31.1 Å². The minimum Gasteiger partial charge on any atom is -0.383 e. The third-order valence-electron chi connectivity index (χ3n) is 4.04. The first-order valence-corrected chi connectivity index (χ1v) is 7.43. The predicted octanol–water partition coefficient (Wildman–Crippen LogP) is 3.21. The van der Waals surface area contributed by atoms with Crippen LogP contribution in [-0.2, 0) is 4.74 Å². The van der Waals surface area contributed by atoms with Crippen LogP contribution in [0.5, 0.6) is 0 Å². The quantitative estimate of drug-likeness (QED) is 0.942. The monoisotopic (exact) mass is 296 g/mol. The lowest BCUT2D eigenvalue weighted by Gasteiger charge is -2.38. The van der Waals surface area contributed by atoms with Gasteiger partial charge in [-0.15, -0.1) is 0 Å². The van der Waals surface area contributed by atoms with Gasteiger partial charge in [0.05, 0.1) is 12.2 Å². The predicted molar refractivity (Wildman–Crippen MR) is 86.9 cm³/mol. The van der Waals surface area contributed by atoms with Crippen molar-refractivity contribution in [1.82, 2.24) is 4.90 Å². The number of methoxy groups -OCH3 is 1. The molecule has 0 unspecified atom stereocenters. The van der Waals surface area contributed by atoms with E-state index in [1.54, 1.807) is 7.11 Å². The molecule has 0 fully saturated rings. The number of hydrogen-bond acceptors (Lipinski definition) is 3. The Kier molecular flexibility index (Phi) is 4.11. The smallest absolute Gasteiger partial charge is 0.257 e. The van der Waals surface area contributed by atoms with E-state index >= 15 is 0 Å². The van der Waals surface area contributed by atoms with Crippen LogP contribution in [0.3, 0.4) is 0 Å². The fraction of sp³-hybridized carbons (Fsp3) is 0.278. The summed E-state index contributed by atoms with van der Waals surface area (Å²) >= 11 is 0. The normalized spacial score (nSPS) is 17.1. The molecule has 2 aromatic carbocycles. The highest BCUT2D eigenvalue weighted by Gasteiger charge is 2.32. The lowest BCUT2D eigenvalue weighted by Crippen LogP contribution is -2.44. The number of hydrogen-bond donors (Lipinski definition) is 1. The van der Waals surface area contributed by atoms with E-state index in [1.165, 1.54) is 0 Å². The largest absolute Gasteiger partial charge is 0.383 e. The molecule has 4 nitrogen and oxygen atoms in total. The van der Waals surface area contributed by atoms with E-state index in [9.17, 15) is 4.79 Å². The fourth-order valence-corrected chi connectivity index (χ4v) is 2.85. The van der Waals surface area contributed by atoms with Crippen LogP contribution in [0.4, 0.5) is 5.69 Å². The number of fused-ring (bicyclic) bond motifs is 1. The van der Waals surface area contributed by atoms with E-state index in [1.807, 2.05) is 41.3 Å². The average Bonchev–Trinajstić information content (AvgIpc) is 2.54. The van der Waals surface area contributed by atoms with Crippen molar-refractivity contribution in [1.29, 1.82) is 0 Å². The molecule has 0 aromatic heterocycles. The fourth-order valence-electron chi connectivity index (χ4n) is 2.85. The Bertz CT molecular complexity index is 684. The maximum Gasteiger partial charge on any atom is 0.257 e. The Hall–Kier alpha value is -2.33. The first-order valence-electron chi connectivity index (χ1n) is 7.43. The molecular weight excluding hydrogens is 276 g/mol. The third-order valence-corrected chi connectivity index (χ3v) is 4.04. The van der Waals surface area contributed by atoms with Gasteiger partial charge in [0.15, 0.2) is 0 Å². The SMILES string of the molecule is COCCN1C(=O)c2ccccc2N[C@@H]1c1ccccc1C. The number of amides is 1. The molecular formula is C18H20N2O2. The molecule has 1 amide bonds. The Labute approximate surface area is 130 Å². The van der Waals surface area contributed by atoms with Gasteiger partial charge in [-0.2, -0.15) is 0 Å². The summed E-state index contributed by atoms with van der Waals surface area (Å²) in [6.07, 6.45) is -0.168. The zero-order valence-corrected chi connectivity index (χ0v) is 12.9. The summed E-state index contributed by atoms with van der Waals surface area (Å²) in [5, 5.41) is 3.49. The zero-order chi connectivity index (χ0) is 15.5. The van der Waals surface area contributed by atoms with Gasteiger partial charge in [-0.3, -0.25) is 4.79 Å². The van der Waals surface area contributed by atoms with E-state index < -0.39 is 0 Å². The van der Waals surface area contributed by atoms with E-state index in [4.69, 9.17) is 4.74 Å². The Balaban J connectivity index is 2.03. The molecule has 0 saturated carbocycles. The molecule has 3 rings (SSSR count). The highest BCUT2D eigenvalue weighted by Crippen LogP contribution is 2.33. The number of aryl methyl sites for hydroxylation is 1. The first kappa shape index (κ1) is 14.6. The van der Waals surface area contributed by atoms with Crippen molar-refractivity contribution < 1.29 is 9.53 Å². The molecule has 1 aliphatic heterocycles. The van der Waals surface area contributed by atoms with Crippen molar-refractivity contribution in [3.05, 3.63) is 65.2 Å². The maximum absolute atomic E-state index is 12.8. The standard InChI is InChI=1S/C18H20N2O2/c1-13-7-3-4-8-14(13)17-19-16-10-6-5-9-15(16)18(21)20(17)11-12-22-2/h3-10,17,19H,11-12H2,1-2H3/t17-/m0/s1. The topological polar surface area (TPSA) is 41.6 Å². The van der Waals surface area contributed by atoms with Gasteiger partial charge in [-0.1, -0.05) is 36.4 Å². The second-order valence-corrected chi connectivity index (χ2v) is 5.44.